The first kappa shape index (κ1) is 18.9. The number of carbonyl (C=O) groups excluding carboxylic acids is 1. The normalized spacial score (nSPS) is 11.0. The minimum Gasteiger partial charge on any atom is -0.478 e. The van der Waals surface area contributed by atoms with Gasteiger partial charge >= 0.3 is 5.97 Å². The Morgan fingerprint density at radius 3 is 1.77 bits per heavy atom. The highest BCUT2D eigenvalue weighted by Crippen LogP contribution is 2.17. The van der Waals surface area contributed by atoms with E-state index in [9.17, 15) is 14.7 Å². The summed E-state index contributed by atoms with van der Waals surface area (Å²) in [6.45, 7) is 0. The number of nitrogen functional groups attached to an aromatic ring is 1. The molecule has 0 aliphatic carbocycles. The number of aliphatic hydroxyl groups excluding tert-OH is 1. The Hall–Kier alpha value is -3.44. The predicted molar refractivity (Wildman–Crippen MR) is 100.0 cm³/mol. The summed E-state index contributed by atoms with van der Waals surface area (Å²) >= 11 is 0. The zero-order chi connectivity index (χ0) is 18.9. The number of rotatable bonds is 4. The SMILES string of the molecule is Nc1ccccc1C(=O)O.O=C(c1ccccc1)C(O)c1ccccc1. The van der Waals surface area contributed by atoms with Gasteiger partial charge < -0.3 is 15.9 Å². The van der Waals surface area contributed by atoms with Crippen LogP contribution in [0.5, 0.6) is 0 Å². The first-order valence-corrected chi connectivity index (χ1v) is 7.90. The van der Waals surface area contributed by atoms with Crippen molar-refractivity contribution < 1.29 is 19.8 Å². The molecule has 3 rings (SSSR count). The van der Waals surface area contributed by atoms with E-state index >= 15 is 0 Å². The maximum atomic E-state index is 11.9. The molecule has 0 saturated heterocycles. The van der Waals surface area contributed by atoms with Crippen LogP contribution in [0.2, 0.25) is 0 Å². The molecule has 5 nitrogen and oxygen atoms in total. The number of aliphatic hydroxyl groups is 1. The molecule has 0 aliphatic heterocycles. The highest BCUT2D eigenvalue weighted by Gasteiger charge is 2.18. The summed E-state index contributed by atoms with van der Waals surface area (Å²) in [6.07, 6.45) is -1.08. The molecular weight excluding hydrogens is 330 g/mol. The summed E-state index contributed by atoms with van der Waals surface area (Å²) in [5.41, 5.74) is 6.95. The maximum absolute atomic E-state index is 11.9. The van der Waals surface area contributed by atoms with Gasteiger partial charge in [0.2, 0.25) is 0 Å². The van der Waals surface area contributed by atoms with Gasteiger partial charge in [0, 0.05) is 11.3 Å². The lowest BCUT2D eigenvalue weighted by Crippen LogP contribution is -2.11. The summed E-state index contributed by atoms with van der Waals surface area (Å²) in [5, 5.41) is 18.4. The molecule has 0 aliphatic rings. The van der Waals surface area contributed by atoms with Crippen LogP contribution in [0.1, 0.15) is 32.4 Å². The summed E-state index contributed by atoms with van der Waals surface area (Å²) in [4.78, 5) is 22.2. The van der Waals surface area contributed by atoms with Gasteiger partial charge in [-0.15, -0.1) is 0 Å². The average Bonchev–Trinajstić information content (AvgIpc) is 2.69. The fourth-order valence-electron chi connectivity index (χ4n) is 2.24. The molecule has 0 amide bonds. The van der Waals surface area contributed by atoms with Crippen molar-refractivity contribution in [3.63, 3.8) is 0 Å². The van der Waals surface area contributed by atoms with Crippen molar-refractivity contribution in [3.8, 4) is 0 Å². The summed E-state index contributed by atoms with van der Waals surface area (Å²) in [7, 11) is 0. The Bertz CT molecular complexity index is 863. The smallest absolute Gasteiger partial charge is 0.337 e. The van der Waals surface area contributed by atoms with Gasteiger partial charge in [0.05, 0.1) is 5.56 Å². The third-order valence-corrected chi connectivity index (χ3v) is 3.61. The van der Waals surface area contributed by atoms with Gasteiger partial charge in [0.1, 0.15) is 6.10 Å². The van der Waals surface area contributed by atoms with E-state index in [2.05, 4.69) is 0 Å². The molecule has 0 heterocycles. The number of carboxylic acids is 1. The lowest BCUT2D eigenvalue weighted by molar-refractivity contribution is 0.0697. The van der Waals surface area contributed by atoms with Gasteiger partial charge in [-0.2, -0.15) is 0 Å². The lowest BCUT2D eigenvalue weighted by atomic mass is 10.0. The molecule has 0 bridgehead atoms. The molecule has 3 aromatic carbocycles. The molecule has 132 valence electrons. The Morgan fingerprint density at radius 2 is 1.27 bits per heavy atom. The number of Topliss-reactive ketones (excluding diaryl/α,β-unsaturated/α-hetero) is 1. The van der Waals surface area contributed by atoms with Crippen LogP contribution < -0.4 is 5.73 Å². The molecule has 0 aromatic heterocycles. The number of carbonyl (C=O) groups is 2. The molecular formula is C21H19NO4. The zero-order valence-corrected chi connectivity index (χ0v) is 13.9. The van der Waals surface area contributed by atoms with Crippen LogP contribution >= 0.6 is 0 Å². The van der Waals surface area contributed by atoms with Crippen LogP contribution in [0.4, 0.5) is 5.69 Å². The van der Waals surface area contributed by atoms with E-state index in [1.54, 1.807) is 66.7 Å². The zero-order valence-electron chi connectivity index (χ0n) is 13.9. The predicted octanol–water partition coefficient (Wildman–Crippen LogP) is 3.57. The standard InChI is InChI=1S/C14H12O2.C7H7NO2/c15-13(11-7-3-1-4-8-11)14(16)12-9-5-2-6-10-12;8-6-4-2-1-3-5(6)7(9)10/h1-10,13,15H;1-4H,8H2,(H,9,10). The third-order valence-electron chi connectivity index (χ3n) is 3.61. The van der Waals surface area contributed by atoms with Crippen molar-refractivity contribution in [1.82, 2.24) is 0 Å². The summed E-state index contributed by atoms with van der Waals surface area (Å²) in [5.74, 6) is -1.26. The Kier molecular flexibility index (Phi) is 6.65. The number of ketones is 1. The van der Waals surface area contributed by atoms with Crippen molar-refractivity contribution in [2.45, 2.75) is 6.10 Å². The van der Waals surface area contributed by atoms with Gasteiger partial charge in [0.25, 0.3) is 0 Å². The number of aromatic carboxylic acids is 1. The summed E-state index contributed by atoms with van der Waals surface area (Å²) < 4.78 is 0. The van der Waals surface area contributed by atoms with Crippen LogP contribution in [-0.2, 0) is 0 Å². The molecule has 0 spiro atoms. The van der Waals surface area contributed by atoms with E-state index in [0.29, 0.717) is 16.8 Å². The van der Waals surface area contributed by atoms with Gasteiger partial charge in [-0.3, -0.25) is 4.79 Å². The van der Waals surface area contributed by atoms with Crippen molar-refractivity contribution in [2.24, 2.45) is 0 Å². The number of hydrogen-bond donors (Lipinski definition) is 3. The molecule has 0 radical (unpaired) electrons. The van der Waals surface area contributed by atoms with Crippen molar-refractivity contribution in [1.29, 1.82) is 0 Å². The molecule has 1 unspecified atom stereocenters. The second-order valence-corrected chi connectivity index (χ2v) is 5.44. The van der Waals surface area contributed by atoms with E-state index < -0.39 is 12.1 Å². The van der Waals surface area contributed by atoms with E-state index in [4.69, 9.17) is 10.8 Å². The molecule has 0 fully saturated rings. The highest BCUT2D eigenvalue weighted by atomic mass is 16.4. The molecule has 0 saturated carbocycles. The van der Waals surface area contributed by atoms with Crippen LogP contribution in [0, 0.1) is 0 Å². The van der Waals surface area contributed by atoms with Crippen LogP contribution in [0.25, 0.3) is 0 Å². The van der Waals surface area contributed by atoms with Gasteiger partial charge in [0.15, 0.2) is 5.78 Å². The van der Waals surface area contributed by atoms with Gasteiger partial charge in [-0.05, 0) is 17.7 Å². The van der Waals surface area contributed by atoms with Crippen LogP contribution in [-0.4, -0.2) is 22.0 Å². The molecule has 1 atom stereocenters. The van der Waals surface area contributed by atoms with Gasteiger partial charge in [-0.25, -0.2) is 4.79 Å². The van der Waals surface area contributed by atoms with Crippen LogP contribution in [0.3, 0.4) is 0 Å². The van der Waals surface area contributed by atoms with Crippen LogP contribution in [0.15, 0.2) is 84.9 Å². The largest absolute Gasteiger partial charge is 0.478 e. The Morgan fingerprint density at radius 1 is 0.769 bits per heavy atom. The number of nitrogens with two attached hydrogens (primary N) is 1. The average molecular weight is 349 g/mol. The monoisotopic (exact) mass is 349 g/mol. The van der Waals surface area contributed by atoms with E-state index in [0.717, 1.165) is 0 Å². The third kappa shape index (κ3) is 5.03. The number of anilines is 1. The molecule has 3 aromatic rings. The first-order chi connectivity index (χ1) is 12.5. The maximum Gasteiger partial charge on any atom is 0.337 e. The molecule has 4 N–H and O–H groups in total. The van der Waals surface area contributed by atoms with Crippen molar-refractivity contribution >= 4 is 17.4 Å². The number of hydrogen-bond acceptors (Lipinski definition) is 4. The quantitative estimate of drug-likeness (QED) is 0.494. The van der Waals surface area contributed by atoms with E-state index in [1.165, 1.54) is 6.07 Å². The second kappa shape index (κ2) is 9.15. The Labute approximate surface area is 151 Å². The first-order valence-electron chi connectivity index (χ1n) is 7.90. The summed E-state index contributed by atoms with van der Waals surface area (Å²) in [6, 6.07) is 24.1. The number of para-hydroxylation sites is 1. The molecule has 26 heavy (non-hydrogen) atoms. The number of benzene rings is 3. The highest BCUT2D eigenvalue weighted by molar-refractivity contribution is 5.99. The van der Waals surface area contributed by atoms with E-state index in [1.807, 2.05) is 12.1 Å². The second-order valence-electron chi connectivity index (χ2n) is 5.44. The fourth-order valence-corrected chi connectivity index (χ4v) is 2.24. The molecule has 5 heteroatoms. The number of carboxylic acid groups (broad SMARTS) is 1. The lowest BCUT2D eigenvalue weighted by Gasteiger charge is -2.09. The van der Waals surface area contributed by atoms with Gasteiger partial charge in [-0.1, -0.05) is 72.8 Å². The van der Waals surface area contributed by atoms with E-state index in [-0.39, 0.29) is 11.3 Å². The fraction of sp³-hybridized carbons (Fsp3) is 0.0476. The minimum absolute atomic E-state index is 0.155. The Balaban J connectivity index is 0.000000209. The minimum atomic E-state index is -1.08. The topological polar surface area (TPSA) is 101 Å². The van der Waals surface area contributed by atoms with Crippen molar-refractivity contribution in [3.05, 3.63) is 102 Å². The van der Waals surface area contributed by atoms with Crippen molar-refractivity contribution in [2.75, 3.05) is 5.73 Å².